The van der Waals surface area contributed by atoms with E-state index in [-0.39, 0.29) is 0 Å². The summed E-state index contributed by atoms with van der Waals surface area (Å²) in [4.78, 5) is 0. The molecule has 2 rings (SSSR count). The maximum absolute atomic E-state index is 5.35. The van der Waals surface area contributed by atoms with Crippen LogP contribution in [-0.4, -0.2) is 26.2 Å². The molecule has 0 spiro atoms. The Labute approximate surface area is 104 Å². The van der Waals surface area contributed by atoms with Gasteiger partial charge in [-0.1, -0.05) is 12.1 Å². The second-order valence-corrected chi connectivity index (χ2v) is 4.68. The number of anilines is 1. The topological polar surface area (TPSA) is 33.3 Å². The lowest BCUT2D eigenvalue weighted by Gasteiger charge is -2.29. The first-order valence-corrected chi connectivity index (χ1v) is 6.40. The van der Waals surface area contributed by atoms with Crippen LogP contribution in [0, 0.1) is 0 Å². The van der Waals surface area contributed by atoms with Gasteiger partial charge in [0, 0.05) is 12.1 Å². The third-order valence-corrected chi connectivity index (χ3v) is 3.60. The molecule has 94 valence electrons. The summed E-state index contributed by atoms with van der Waals surface area (Å²) in [5.74, 6) is 0.934. The van der Waals surface area contributed by atoms with E-state index >= 15 is 0 Å². The molecule has 1 aliphatic carbocycles. The zero-order valence-corrected chi connectivity index (χ0v) is 10.7. The van der Waals surface area contributed by atoms with Crippen molar-refractivity contribution in [3.8, 4) is 5.75 Å². The van der Waals surface area contributed by atoms with Gasteiger partial charge in [0.1, 0.15) is 5.75 Å². The summed E-state index contributed by atoms with van der Waals surface area (Å²) < 4.78 is 5.35. The number of nitrogens with one attached hydrogen (secondary N) is 2. The van der Waals surface area contributed by atoms with Gasteiger partial charge in [-0.3, -0.25) is 0 Å². The van der Waals surface area contributed by atoms with Gasteiger partial charge < -0.3 is 15.4 Å². The fraction of sp³-hybridized carbons (Fsp3) is 0.571. The quantitative estimate of drug-likeness (QED) is 0.840. The van der Waals surface area contributed by atoms with Crippen molar-refractivity contribution in [1.82, 2.24) is 5.32 Å². The molecule has 2 N–H and O–H groups in total. The molecule has 1 saturated carbocycles. The molecule has 0 atom stereocenters. The highest BCUT2D eigenvalue weighted by molar-refractivity contribution is 5.56. The molecule has 1 aromatic carbocycles. The molecule has 1 aromatic rings. The number of ether oxygens (including phenoxy) is 1. The van der Waals surface area contributed by atoms with Gasteiger partial charge in [0.25, 0.3) is 0 Å². The number of hydrogen-bond acceptors (Lipinski definition) is 3. The number of hydrogen-bond donors (Lipinski definition) is 2. The van der Waals surface area contributed by atoms with Gasteiger partial charge in [-0.05, 0) is 44.9 Å². The minimum absolute atomic E-state index is 0.580. The molecule has 3 nitrogen and oxygen atoms in total. The molecule has 0 amide bonds. The Kier molecular flexibility index (Phi) is 4.26. The third kappa shape index (κ3) is 3.13. The van der Waals surface area contributed by atoms with Crippen LogP contribution in [0.4, 0.5) is 5.69 Å². The molecule has 3 heteroatoms. The molecule has 1 aliphatic rings. The molecule has 0 aromatic heterocycles. The summed E-state index contributed by atoms with van der Waals surface area (Å²) in [7, 11) is 3.77. The van der Waals surface area contributed by atoms with Crippen molar-refractivity contribution >= 4 is 5.69 Å². The molecular formula is C14H22N2O. The smallest absolute Gasteiger partial charge is 0.141 e. The van der Waals surface area contributed by atoms with Crippen molar-refractivity contribution < 1.29 is 4.74 Å². The maximum Gasteiger partial charge on any atom is 0.141 e. The summed E-state index contributed by atoms with van der Waals surface area (Å²) in [6, 6.07) is 9.41. The number of rotatable bonds is 4. The fourth-order valence-electron chi connectivity index (χ4n) is 2.51. The Morgan fingerprint density at radius 3 is 2.35 bits per heavy atom. The van der Waals surface area contributed by atoms with E-state index in [2.05, 4.69) is 23.7 Å². The third-order valence-electron chi connectivity index (χ3n) is 3.60. The molecule has 1 fully saturated rings. The van der Waals surface area contributed by atoms with Crippen LogP contribution >= 0.6 is 0 Å². The van der Waals surface area contributed by atoms with E-state index < -0.39 is 0 Å². The average molecular weight is 234 g/mol. The van der Waals surface area contributed by atoms with Crippen molar-refractivity contribution in [2.24, 2.45) is 0 Å². The van der Waals surface area contributed by atoms with E-state index in [1.807, 2.05) is 18.2 Å². The van der Waals surface area contributed by atoms with Gasteiger partial charge in [0.15, 0.2) is 0 Å². The van der Waals surface area contributed by atoms with E-state index in [9.17, 15) is 0 Å². The van der Waals surface area contributed by atoms with Crippen LogP contribution in [0.1, 0.15) is 25.7 Å². The van der Waals surface area contributed by atoms with E-state index in [1.54, 1.807) is 7.11 Å². The number of methoxy groups -OCH3 is 1. The number of benzene rings is 1. The van der Waals surface area contributed by atoms with Gasteiger partial charge in [-0.2, -0.15) is 0 Å². The van der Waals surface area contributed by atoms with E-state index in [4.69, 9.17) is 4.74 Å². The van der Waals surface area contributed by atoms with E-state index in [1.165, 1.54) is 25.7 Å². The second kappa shape index (κ2) is 5.92. The van der Waals surface area contributed by atoms with Crippen molar-refractivity contribution in [3.05, 3.63) is 24.3 Å². The van der Waals surface area contributed by atoms with Crippen LogP contribution in [0.3, 0.4) is 0 Å². The van der Waals surface area contributed by atoms with Crippen LogP contribution in [0.15, 0.2) is 24.3 Å². The molecular weight excluding hydrogens is 212 g/mol. The first-order valence-electron chi connectivity index (χ1n) is 6.40. The van der Waals surface area contributed by atoms with Crippen molar-refractivity contribution in [3.63, 3.8) is 0 Å². The standard InChI is InChI=1S/C14H22N2O/c1-15-11-7-9-12(10-8-11)16-13-5-3-4-6-14(13)17-2/h3-6,11-12,15-16H,7-10H2,1-2H3. The average Bonchev–Trinajstić information content (AvgIpc) is 2.40. The van der Waals surface area contributed by atoms with Crippen molar-refractivity contribution in [2.75, 3.05) is 19.5 Å². The molecule has 0 heterocycles. The molecule has 0 unspecified atom stereocenters. The van der Waals surface area contributed by atoms with Crippen LogP contribution in [0.25, 0.3) is 0 Å². The Morgan fingerprint density at radius 2 is 1.71 bits per heavy atom. The highest BCUT2D eigenvalue weighted by atomic mass is 16.5. The lowest BCUT2D eigenvalue weighted by atomic mass is 9.91. The monoisotopic (exact) mass is 234 g/mol. The van der Waals surface area contributed by atoms with Crippen LogP contribution in [0.2, 0.25) is 0 Å². The van der Waals surface area contributed by atoms with Crippen LogP contribution in [0.5, 0.6) is 5.75 Å². The van der Waals surface area contributed by atoms with Gasteiger partial charge >= 0.3 is 0 Å². The minimum Gasteiger partial charge on any atom is -0.495 e. The normalized spacial score (nSPS) is 24.4. The first-order chi connectivity index (χ1) is 8.33. The molecule has 0 bridgehead atoms. The summed E-state index contributed by atoms with van der Waals surface area (Å²) >= 11 is 0. The summed E-state index contributed by atoms with van der Waals surface area (Å²) in [5, 5.41) is 6.95. The Morgan fingerprint density at radius 1 is 1.06 bits per heavy atom. The fourth-order valence-corrected chi connectivity index (χ4v) is 2.51. The SMILES string of the molecule is CNC1CCC(Nc2ccccc2OC)CC1. The summed E-state index contributed by atoms with van der Waals surface area (Å²) in [6.07, 6.45) is 4.96. The Balaban J connectivity index is 1.93. The van der Waals surface area contributed by atoms with Crippen molar-refractivity contribution in [2.45, 2.75) is 37.8 Å². The largest absolute Gasteiger partial charge is 0.495 e. The molecule has 17 heavy (non-hydrogen) atoms. The highest BCUT2D eigenvalue weighted by Crippen LogP contribution is 2.27. The first kappa shape index (κ1) is 12.2. The van der Waals surface area contributed by atoms with Gasteiger partial charge in [-0.15, -0.1) is 0 Å². The van der Waals surface area contributed by atoms with Crippen LogP contribution < -0.4 is 15.4 Å². The predicted molar refractivity (Wildman–Crippen MR) is 71.7 cm³/mol. The summed E-state index contributed by atoms with van der Waals surface area (Å²) in [5.41, 5.74) is 1.11. The highest BCUT2D eigenvalue weighted by Gasteiger charge is 2.20. The Bertz CT molecular complexity index is 346. The minimum atomic E-state index is 0.580. The van der Waals surface area contributed by atoms with Crippen LogP contribution in [-0.2, 0) is 0 Å². The predicted octanol–water partition coefficient (Wildman–Crippen LogP) is 2.64. The van der Waals surface area contributed by atoms with Crippen molar-refractivity contribution in [1.29, 1.82) is 0 Å². The lowest BCUT2D eigenvalue weighted by molar-refractivity contribution is 0.369. The van der Waals surface area contributed by atoms with Gasteiger partial charge in [0.05, 0.1) is 12.8 Å². The van der Waals surface area contributed by atoms with Gasteiger partial charge in [-0.25, -0.2) is 0 Å². The number of para-hydroxylation sites is 2. The molecule has 0 aliphatic heterocycles. The maximum atomic E-state index is 5.35. The zero-order chi connectivity index (χ0) is 12.1. The van der Waals surface area contributed by atoms with Gasteiger partial charge in [0.2, 0.25) is 0 Å². The van der Waals surface area contributed by atoms with E-state index in [0.717, 1.165) is 11.4 Å². The molecule has 0 radical (unpaired) electrons. The lowest BCUT2D eigenvalue weighted by Crippen LogP contribution is -2.35. The second-order valence-electron chi connectivity index (χ2n) is 4.68. The Hall–Kier alpha value is -1.22. The summed E-state index contributed by atoms with van der Waals surface area (Å²) in [6.45, 7) is 0. The van der Waals surface area contributed by atoms with E-state index in [0.29, 0.717) is 12.1 Å². The zero-order valence-electron chi connectivity index (χ0n) is 10.7. The molecule has 0 saturated heterocycles.